The normalized spacial score (nSPS) is 11.0. The zero-order valence-corrected chi connectivity index (χ0v) is 19.6. The van der Waals surface area contributed by atoms with Crippen LogP contribution in [0, 0.1) is 0 Å². The van der Waals surface area contributed by atoms with Crippen LogP contribution >= 0.6 is 11.8 Å². The van der Waals surface area contributed by atoms with Crippen molar-refractivity contribution in [1.29, 1.82) is 0 Å². The molecule has 32 heavy (non-hydrogen) atoms. The van der Waals surface area contributed by atoms with Gasteiger partial charge in [-0.15, -0.1) is 0 Å². The summed E-state index contributed by atoms with van der Waals surface area (Å²) in [4.78, 5) is 42.3. The van der Waals surface area contributed by atoms with Gasteiger partial charge in [-0.2, -0.15) is 0 Å². The summed E-state index contributed by atoms with van der Waals surface area (Å²) in [7, 11) is 6.09. The summed E-state index contributed by atoms with van der Waals surface area (Å²) in [6, 6.07) is 5.13. The minimum atomic E-state index is -0.443. The van der Waals surface area contributed by atoms with Gasteiger partial charge < -0.3 is 19.4 Å². The molecule has 0 saturated carbocycles. The molecular formula is C21H27N5O5S. The van der Waals surface area contributed by atoms with Crippen molar-refractivity contribution in [2.24, 2.45) is 14.1 Å². The smallest absolute Gasteiger partial charge is 0.332 e. The summed E-state index contributed by atoms with van der Waals surface area (Å²) in [5.41, 5.74) is 0.325. The van der Waals surface area contributed by atoms with Gasteiger partial charge in [-0.25, -0.2) is 9.78 Å². The van der Waals surface area contributed by atoms with E-state index in [0.717, 1.165) is 17.4 Å². The van der Waals surface area contributed by atoms with Crippen LogP contribution in [0.1, 0.15) is 19.8 Å². The van der Waals surface area contributed by atoms with Crippen molar-refractivity contribution in [3.8, 4) is 11.5 Å². The lowest BCUT2D eigenvalue weighted by molar-refractivity contribution is -0.113. The topological polar surface area (TPSA) is 109 Å². The number of thioether (sulfide) groups is 1. The van der Waals surface area contributed by atoms with Crippen LogP contribution in [0.2, 0.25) is 0 Å². The highest BCUT2D eigenvalue weighted by Gasteiger charge is 2.20. The molecule has 0 fully saturated rings. The number of nitrogens with one attached hydrogen (secondary N) is 1. The molecule has 11 heteroatoms. The van der Waals surface area contributed by atoms with Crippen LogP contribution < -0.4 is 26.0 Å². The zero-order chi connectivity index (χ0) is 23.4. The Kier molecular flexibility index (Phi) is 7.29. The fourth-order valence-electron chi connectivity index (χ4n) is 3.29. The first-order chi connectivity index (χ1) is 15.3. The van der Waals surface area contributed by atoms with Crippen LogP contribution in [-0.4, -0.2) is 44.6 Å². The molecule has 2 aromatic heterocycles. The summed E-state index contributed by atoms with van der Waals surface area (Å²) < 4.78 is 14.7. The quantitative estimate of drug-likeness (QED) is 0.485. The number of amides is 1. The molecule has 1 amide bonds. The summed E-state index contributed by atoms with van der Waals surface area (Å²) >= 11 is 1.21. The second-order valence-electron chi connectivity index (χ2n) is 7.18. The molecule has 3 rings (SSSR count). The van der Waals surface area contributed by atoms with Crippen LogP contribution in [0.25, 0.3) is 11.2 Å². The maximum atomic E-state index is 12.8. The monoisotopic (exact) mass is 461 g/mol. The Hall–Kier alpha value is -3.21. The van der Waals surface area contributed by atoms with Gasteiger partial charge in [0.15, 0.2) is 16.3 Å². The molecule has 0 bridgehead atoms. The number of hydrogen-bond donors (Lipinski definition) is 1. The van der Waals surface area contributed by atoms with Crippen LogP contribution in [0.5, 0.6) is 11.5 Å². The van der Waals surface area contributed by atoms with Gasteiger partial charge in [-0.3, -0.25) is 18.7 Å². The molecular weight excluding hydrogens is 434 g/mol. The summed E-state index contributed by atoms with van der Waals surface area (Å²) in [5.74, 6) is 0.895. The first kappa shape index (κ1) is 23.5. The lowest BCUT2D eigenvalue weighted by Gasteiger charge is -2.12. The van der Waals surface area contributed by atoms with E-state index in [2.05, 4.69) is 17.2 Å². The maximum Gasteiger partial charge on any atom is 0.332 e. The fraction of sp³-hybridized carbons (Fsp3) is 0.429. The van der Waals surface area contributed by atoms with Crippen LogP contribution in [0.15, 0.2) is 32.9 Å². The largest absolute Gasteiger partial charge is 0.497 e. The lowest BCUT2D eigenvalue weighted by Crippen LogP contribution is -2.37. The number of aryl methyl sites for hydroxylation is 2. The summed E-state index contributed by atoms with van der Waals surface area (Å²) in [6.45, 7) is 2.61. The molecule has 0 aliphatic heterocycles. The number of rotatable bonds is 9. The molecule has 0 unspecified atom stereocenters. The first-order valence-electron chi connectivity index (χ1n) is 10.1. The molecule has 10 nitrogen and oxygen atoms in total. The highest BCUT2D eigenvalue weighted by Crippen LogP contribution is 2.29. The number of ether oxygens (including phenoxy) is 2. The van der Waals surface area contributed by atoms with Gasteiger partial charge >= 0.3 is 5.69 Å². The Morgan fingerprint density at radius 3 is 2.56 bits per heavy atom. The van der Waals surface area contributed by atoms with Crippen molar-refractivity contribution >= 4 is 34.5 Å². The third-order valence-electron chi connectivity index (χ3n) is 5.06. The SMILES string of the molecule is CCCCn1c(SCC(=O)Nc2cc(OC)ccc2OC)nc2c1c(=O)n(C)c(=O)n2C. The van der Waals surface area contributed by atoms with E-state index in [1.807, 2.05) is 0 Å². The molecule has 3 aromatic rings. The van der Waals surface area contributed by atoms with Crippen molar-refractivity contribution in [1.82, 2.24) is 18.7 Å². The minimum Gasteiger partial charge on any atom is -0.497 e. The number of imidazole rings is 1. The van der Waals surface area contributed by atoms with Gasteiger partial charge in [0.2, 0.25) is 5.91 Å². The Bertz CT molecular complexity index is 1260. The van der Waals surface area contributed by atoms with Crippen molar-refractivity contribution in [2.45, 2.75) is 31.5 Å². The van der Waals surface area contributed by atoms with E-state index >= 15 is 0 Å². The van der Waals surface area contributed by atoms with Crippen LogP contribution in [0.3, 0.4) is 0 Å². The van der Waals surface area contributed by atoms with Gasteiger partial charge in [-0.05, 0) is 18.6 Å². The number of hydrogen-bond acceptors (Lipinski definition) is 7. The number of fused-ring (bicyclic) bond motifs is 1. The standard InChI is InChI=1S/C21H27N5O5S/c1-6-7-10-26-17-18(24(2)21(29)25(3)19(17)28)23-20(26)32-12-16(27)22-14-11-13(30-4)8-9-15(14)31-5/h8-9,11H,6-7,10,12H2,1-5H3,(H,22,27). The van der Waals surface area contributed by atoms with E-state index in [1.165, 1.54) is 30.5 Å². The molecule has 1 aromatic carbocycles. The van der Waals surface area contributed by atoms with Gasteiger partial charge in [-0.1, -0.05) is 25.1 Å². The molecule has 2 heterocycles. The molecule has 0 aliphatic carbocycles. The lowest BCUT2D eigenvalue weighted by atomic mass is 10.2. The average Bonchev–Trinajstić information content (AvgIpc) is 3.17. The minimum absolute atomic E-state index is 0.0596. The molecule has 0 radical (unpaired) electrons. The van der Waals surface area contributed by atoms with Crippen LogP contribution in [-0.2, 0) is 25.4 Å². The number of carbonyl (C=O) groups excluding carboxylic acids is 1. The van der Waals surface area contributed by atoms with Crippen molar-refractivity contribution in [3.63, 3.8) is 0 Å². The zero-order valence-electron chi connectivity index (χ0n) is 18.8. The third kappa shape index (κ3) is 4.52. The van der Waals surface area contributed by atoms with E-state index in [0.29, 0.717) is 40.1 Å². The predicted molar refractivity (Wildman–Crippen MR) is 124 cm³/mol. The number of methoxy groups -OCH3 is 2. The molecule has 0 atom stereocenters. The van der Waals surface area contributed by atoms with Gasteiger partial charge in [0, 0.05) is 26.7 Å². The number of anilines is 1. The molecule has 0 spiro atoms. The third-order valence-corrected chi connectivity index (χ3v) is 6.04. The first-order valence-corrected chi connectivity index (χ1v) is 11.1. The fourth-order valence-corrected chi connectivity index (χ4v) is 4.11. The number of benzene rings is 1. The second-order valence-corrected chi connectivity index (χ2v) is 8.12. The van der Waals surface area contributed by atoms with Gasteiger partial charge in [0.25, 0.3) is 5.56 Å². The number of unbranched alkanes of at least 4 members (excludes halogenated alkanes) is 1. The van der Waals surface area contributed by atoms with Gasteiger partial charge in [0.05, 0.1) is 25.7 Å². The van der Waals surface area contributed by atoms with E-state index in [9.17, 15) is 14.4 Å². The molecule has 1 N–H and O–H groups in total. The average molecular weight is 462 g/mol. The van der Waals surface area contributed by atoms with E-state index in [1.54, 1.807) is 36.9 Å². The second kappa shape index (κ2) is 9.94. The number of aromatic nitrogens is 4. The van der Waals surface area contributed by atoms with Crippen LogP contribution in [0.4, 0.5) is 5.69 Å². The number of carbonyl (C=O) groups is 1. The Morgan fingerprint density at radius 2 is 1.91 bits per heavy atom. The number of nitrogens with zero attached hydrogens (tertiary/aromatic N) is 4. The maximum absolute atomic E-state index is 12.8. The van der Waals surface area contributed by atoms with Crippen molar-refractivity contribution in [2.75, 3.05) is 25.3 Å². The summed E-state index contributed by atoms with van der Waals surface area (Å²) in [6.07, 6.45) is 1.75. The van der Waals surface area contributed by atoms with E-state index in [4.69, 9.17) is 9.47 Å². The summed E-state index contributed by atoms with van der Waals surface area (Å²) in [5, 5.41) is 3.33. The molecule has 172 valence electrons. The molecule has 0 saturated heterocycles. The van der Waals surface area contributed by atoms with Crippen molar-refractivity contribution < 1.29 is 14.3 Å². The van der Waals surface area contributed by atoms with E-state index < -0.39 is 11.2 Å². The Balaban J connectivity index is 1.90. The predicted octanol–water partition coefficient (Wildman–Crippen LogP) is 1.98. The highest BCUT2D eigenvalue weighted by molar-refractivity contribution is 7.99. The van der Waals surface area contributed by atoms with E-state index in [-0.39, 0.29) is 11.7 Å². The Labute approximate surface area is 189 Å². The Morgan fingerprint density at radius 1 is 1.16 bits per heavy atom. The van der Waals surface area contributed by atoms with Gasteiger partial charge in [0.1, 0.15) is 11.5 Å². The highest BCUT2D eigenvalue weighted by atomic mass is 32.2. The molecule has 0 aliphatic rings. The van der Waals surface area contributed by atoms with Crippen molar-refractivity contribution in [3.05, 3.63) is 39.0 Å².